The molecule has 0 bridgehead atoms. The summed E-state index contributed by atoms with van der Waals surface area (Å²) in [6.07, 6.45) is 5.17. The molecule has 0 heterocycles. The van der Waals surface area contributed by atoms with E-state index in [1.807, 2.05) is 38.1 Å². The zero-order valence-electron chi connectivity index (χ0n) is 14.8. The molecule has 0 atom stereocenters. The van der Waals surface area contributed by atoms with Gasteiger partial charge in [0, 0.05) is 11.1 Å². The van der Waals surface area contributed by atoms with Crippen LogP contribution < -0.4 is 9.47 Å². The van der Waals surface area contributed by atoms with Crippen molar-refractivity contribution in [2.75, 3.05) is 7.11 Å². The molecule has 3 nitrogen and oxygen atoms in total. The van der Waals surface area contributed by atoms with Crippen LogP contribution in [0.5, 0.6) is 11.5 Å². The average molecular weight is 334 g/mol. The summed E-state index contributed by atoms with van der Waals surface area (Å²) in [5.74, 6) is 1.83. The molecule has 0 saturated carbocycles. The molecule has 2 aromatic carbocycles. The highest BCUT2D eigenvalue weighted by molar-refractivity contribution is 6.10. The second-order valence-corrected chi connectivity index (χ2v) is 5.52. The Kier molecular flexibility index (Phi) is 6.35. The number of allylic oxidation sites excluding steroid dienone is 4. The van der Waals surface area contributed by atoms with Crippen molar-refractivity contribution in [3.05, 3.63) is 95.8 Å². The molecule has 0 aromatic heterocycles. The van der Waals surface area contributed by atoms with Crippen molar-refractivity contribution in [2.24, 2.45) is 0 Å². The lowest BCUT2D eigenvalue weighted by Gasteiger charge is -2.06. The van der Waals surface area contributed by atoms with Gasteiger partial charge < -0.3 is 9.47 Å². The van der Waals surface area contributed by atoms with E-state index in [1.165, 1.54) is 0 Å². The number of ketones is 1. The van der Waals surface area contributed by atoms with Crippen molar-refractivity contribution in [2.45, 2.75) is 13.8 Å². The summed E-state index contributed by atoms with van der Waals surface area (Å²) in [6.45, 7) is 7.71. The highest BCUT2D eigenvalue weighted by Crippen LogP contribution is 2.17. The third kappa shape index (κ3) is 5.21. The number of benzene rings is 2. The van der Waals surface area contributed by atoms with Crippen LogP contribution >= 0.6 is 0 Å². The number of hydrogen-bond acceptors (Lipinski definition) is 3. The van der Waals surface area contributed by atoms with Crippen LogP contribution in [0.15, 0.2) is 84.7 Å². The topological polar surface area (TPSA) is 35.5 Å². The normalized spacial score (nSPS) is 11.4. The van der Waals surface area contributed by atoms with Crippen molar-refractivity contribution in [3.8, 4) is 11.5 Å². The predicted molar refractivity (Wildman–Crippen MR) is 101 cm³/mol. The van der Waals surface area contributed by atoms with Crippen molar-refractivity contribution >= 4 is 5.78 Å². The number of ether oxygens (including phenoxy) is 2. The average Bonchev–Trinajstić information content (AvgIpc) is 2.64. The number of hydrogen-bond donors (Lipinski definition) is 0. The molecule has 0 N–H and O–H groups in total. The van der Waals surface area contributed by atoms with Gasteiger partial charge >= 0.3 is 0 Å². The monoisotopic (exact) mass is 334 g/mol. The Bertz CT molecular complexity index is 794. The second kappa shape index (κ2) is 8.69. The molecular formula is C22H22O3. The number of rotatable bonds is 7. The number of aryl methyl sites for hydroxylation is 1. The van der Waals surface area contributed by atoms with Crippen LogP contribution in [-0.2, 0) is 0 Å². The fourth-order valence-electron chi connectivity index (χ4n) is 2.19. The van der Waals surface area contributed by atoms with E-state index in [1.54, 1.807) is 49.6 Å². The summed E-state index contributed by atoms with van der Waals surface area (Å²) < 4.78 is 10.8. The van der Waals surface area contributed by atoms with Crippen LogP contribution in [0.3, 0.4) is 0 Å². The second-order valence-electron chi connectivity index (χ2n) is 5.52. The van der Waals surface area contributed by atoms with Gasteiger partial charge in [0.25, 0.3) is 0 Å². The minimum absolute atomic E-state index is 0.0652. The summed E-state index contributed by atoms with van der Waals surface area (Å²) in [7, 11) is 1.59. The maximum atomic E-state index is 12.6. The number of carbonyl (C=O) groups excluding carboxylic acids is 1. The van der Waals surface area contributed by atoms with Crippen LogP contribution in [0.2, 0.25) is 0 Å². The molecule has 3 heteroatoms. The first-order chi connectivity index (χ1) is 12.0. The largest absolute Gasteiger partial charge is 0.497 e. The first-order valence-electron chi connectivity index (χ1n) is 8.00. The van der Waals surface area contributed by atoms with E-state index < -0.39 is 0 Å². The van der Waals surface area contributed by atoms with Gasteiger partial charge in [-0.15, -0.1) is 0 Å². The number of methoxy groups -OCH3 is 1. The Labute approximate surface area is 148 Å². The zero-order chi connectivity index (χ0) is 18.2. The molecule has 0 aliphatic carbocycles. The van der Waals surface area contributed by atoms with E-state index in [2.05, 4.69) is 6.58 Å². The van der Waals surface area contributed by atoms with Crippen LogP contribution in [0, 0.1) is 6.92 Å². The van der Waals surface area contributed by atoms with Gasteiger partial charge in [0.05, 0.1) is 7.11 Å². The fourth-order valence-corrected chi connectivity index (χ4v) is 2.19. The highest BCUT2D eigenvalue weighted by atomic mass is 16.5. The zero-order valence-corrected chi connectivity index (χ0v) is 14.8. The summed E-state index contributed by atoms with van der Waals surface area (Å²) >= 11 is 0. The Morgan fingerprint density at radius 2 is 1.56 bits per heavy atom. The smallest absolute Gasteiger partial charge is 0.192 e. The van der Waals surface area contributed by atoms with Gasteiger partial charge in [-0.3, -0.25) is 4.79 Å². The molecular weight excluding hydrogens is 312 g/mol. The molecule has 0 radical (unpaired) electrons. The van der Waals surface area contributed by atoms with Gasteiger partial charge in [-0.05, 0) is 62.4 Å². The highest BCUT2D eigenvalue weighted by Gasteiger charge is 2.09. The molecule has 25 heavy (non-hydrogen) atoms. The molecule has 128 valence electrons. The SMILES string of the molecule is C=C(/C=C\C(=C/C)C(=O)c1ccc(OC)cc1)Oc1ccc(C)cc1. The lowest BCUT2D eigenvalue weighted by molar-refractivity contribution is 0.103. The molecule has 2 rings (SSSR count). The third-order valence-corrected chi connectivity index (χ3v) is 3.64. The molecule has 0 aliphatic rings. The molecule has 0 aliphatic heterocycles. The Hall–Kier alpha value is -3.07. The minimum Gasteiger partial charge on any atom is -0.497 e. The van der Waals surface area contributed by atoms with E-state index in [0.29, 0.717) is 28.4 Å². The van der Waals surface area contributed by atoms with Crippen molar-refractivity contribution < 1.29 is 14.3 Å². The molecule has 0 amide bonds. The molecule has 2 aromatic rings. The summed E-state index contributed by atoms with van der Waals surface area (Å²) in [4.78, 5) is 12.6. The summed E-state index contributed by atoms with van der Waals surface area (Å²) in [5, 5.41) is 0. The quantitative estimate of drug-likeness (QED) is 0.299. The van der Waals surface area contributed by atoms with Crippen molar-refractivity contribution in [1.82, 2.24) is 0 Å². The lowest BCUT2D eigenvalue weighted by atomic mass is 10.0. The van der Waals surface area contributed by atoms with E-state index in [4.69, 9.17) is 9.47 Å². The van der Waals surface area contributed by atoms with Crippen LogP contribution in [-0.4, -0.2) is 12.9 Å². The van der Waals surface area contributed by atoms with Crippen LogP contribution in [0.25, 0.3) is 0 Å². The van der Waals surface area contributed by atoms with Crippen LogP contribution in [0.4, 0.5) is 0 Å². The van der Waals surface area contributed by atoms with Gasteiger partial charge in [0.1, 0.15) is 17.3 Å². The predicted octanol–water partition coefficient (Wildman–Crippen LogP) is 5.28. The molecule has 0 spiro atoms. The molecule has 0 saturated heterocycles. The summed E-state index contributed by atoms with van der Waals surface area (Å²) in [5.41, 5.74) is 2.33. The first-order valence-corrected chi connectivity index (χ1v) is 8.00. The van der Waals surface area contributed by atoms with Gasteiger partial charge in [-0.2, -0.15) is 0 Å². The van der Waals surface area contributed by atoms with Crippen LogP contribution in [0.1, 0.15) is 22.8 Å². The molecule has 0 fully saturated rings. The lowest BCUT2D eigenvalue weighted by Crippen LogP contribution is -2.02. The van der Waals surface area contributed by atoms with Gasteiger partial charge in [0.15, 0.2) is 5.78 Å². The van der Waals surface area contributed by atoms with Crippen molar-refractivity contribution in [1.29, 1.82) is 0 Å². The maximum absolute atomic E-state index is 12.6. The molecule has 0 unspecified atom stereocenters. The Morgan fingerprint density at radius 3 is 2.12 bits per heavy atom. The van der Waals surface area contributed by atoms with Crippen molar-refractivity contribution in [3.63, 3.8) is 0 Å². The van der Waals surface area contributed by atoms with Gasteiger partial charge in [0.2, 0.25) is 0 Å². The van der Waals surface area contributed by atoms with Gasteiger partial charge in [-0.1, -0.05) is 30.4 Å². The van der Waals surface area contributed by atoms with E-state index in [-0.39, 0.29) is 5.78 Å². The third-order valence-electron chi connectivity index (χ3n) is 3.64. The first kappa shape index (κ1) is 18.3. The standard InChI is InChI=1S/C22H22O3/c1-5-18(22(23)19-10-14-20(24-4)15-11-19)9-8-17(3)25-21-12-6-16(2)7-13-21/h5-15H,3H2,1-2,4H3/b9-8-,18-5+. The minimum atomic E-state index is -0.0652. The van der Waals surface area contributed by atoms with E-state index in [0.717, 1.165) is 5.56 Å². The summed E-state index contributed by atoms with van der Waals surface area (Å²) in [6, 6.07) is 14.7. The number of Topliss-reactive ketones (excluding diaryl/α,β-unsaturated/α-hetero) is 1. The Balaban J connectivity index is 2.04. The Morgan fingerprint density at radius 1 is 0.960 bits per heavy atom. The maximum Gasteiger partial charge on any atom is 0.192 e. The fraction of sp³-hybridized carbons (Fsp3) is 0.136. The number of carbonyl (C=O) groups is 1. The van der Waals surface area contributed by atoms with Gasteiger partial charge in [-0.25, -0.2) is 0 Å². The van der Waals surface area contributed by atoms with E-state index in [9.17, 15) is 4.79 Å². The van der Waals surface area contributed by atoms with E-state index >= 15 is 0 Å².